The lowest BCUT2D eigenvalue weighted by atomic mass is 10.1. The second kappa shape index (κ2) is 6.03. The number of esters is 1. The summed E-state index contributed by atoms with van der Waals surface area (Å²) in [6.07, 6.45) is 5.90. The Hall–Kier alpha value is -1.60. The molecule has 1 aliphatic rings. The van der Waals surface area contributed by atoms with Crippen LogP contribution in [0.2, 0.25) is 5.15 Å². The van der Waals surface area contributed by atoms with E-state index in [4.69, 9.17) is 16.3 Å². The highest BCUT2D eigenvalue weighted by molar-refractivity contribution is 7.18. The largest absolute Gasteiger partial charge is 0.465 e. The van der Waals surface area contributed by atoms with Crippen molar-refractivity contribution in [1.82, 2.24) is 14.8 Å². The minimum Gasteiger partial charge on any atom is -0.465 e. The van der Waals surface area contributed by atoms with Gasteiger partial charge in [-0.3, -0.25) is 4.68 Å². The number of carbonyl (C=O) groups is 1. The molecule has 0 aliphatic carbocycles. The van der Waals surface area contributed by atoms with Gasteiger partial charge in [-0.05, 0) is 18.9 Å². The summed E-state index contributed by atoms with van der Waals surface area (Å²) in [5, 5.41) is 5.28. The van der Waals surface area contributed by atoms with Gasteiger partial charge in [-0.2, -0.15) is 5.10 Å². The third-order valence-electron chi connectivity index (χ3n) is 3.51. The van der Waals surface area contributed by atoms with Gasteiger partial charge in [0.25, 0.3) is 0 Å². The maximum absolute atomic E-state index is 11.6. The number of methoxy groups -OCH3 is 1. The number of piperidine rings is 1. The Bertz CT molecular complexity index is 628. The molecule has 21 heavy (non-hydrogen) atoms. The molecule has 0 saturated carbocycles. The van der Waals surface area contributed by atoms with Crippen LogP contribution >= 0.6 is 22.9 Å². The fraction of sp³-hybridized carbons (Fsp3) is 0.462. The maximum Gasteiger partial charge on any atom is 0.351 e. The number of anilines is 1. The highest BCUT2D eigenvalue weighted by Crippen LogP contribution is 2.33. The number of halogens is 1. The normalized spacial score (nSPS) is 18.8. The van der Waals surface area contributed by atoms with Gasteiger partial charge in [-0.15, -0.1) is 0 Å². The van der Waals surface area contributed by atoms with Crippen molar-refractivity contribution in [2.75, 3.05) is 25.1 Å². The van der Waals surface area contributed by atoms with Crippen molar-refractivity contribution in [3.63, 3.8) is 0 Å². The Labute approximate surface area is 131 Å². The van der Waals surface area contributed by atoms with Crippen molar-refractivity contribution >= 4 is 34.0 Å². The lowest BCUT2D eigenvalue weighted by molar-refractivity contribution is 0.0606. The number of rotatable bonds is 3. The van der Waals surface area contributed by atoms with Crippen LogP contribution < -0.4 is 4.90 Å². The van der Waals surface area contributed by atoms with Gasteiger partial charge in [0.15, 0.2) is 15.2 Å². The van der Waals surface area contributed by atoms with E-state index in [-0.39, 0.29) is 5.15 Å². The Morgan fingerprint density at radius 2 is 2.43 bits per heavy atom. The lowest BCUT2D eigenvalue weighted by Gasteiger charge is -2.32. The first-order chi connectivity index (χ1) is 10.2. The van der Waals surface area contributed by atoms with Gasteiger partial charge in [-0.25, -0.2) is 9.78 Å². The van der Waals surface area contributed by atoms with Gasteiger partial charge in [0.1, 0.15) is 0 Å². The molecule has 3 rings (SSSR count). The van der Waals surface area contributed by atoms with E-state index in [2.05, 4.69) is 15.0 Å². The Morgan fingerprint density at radius 1 is 1.57 bits per heavy atom. The molecule has 112 valence electrons. The van der Waals surface area contributed by atoms with Crippen LogP contribution in [0.25, 0.3) is 0 Å². The molecule has 2 aromatic heterocycles. The van der Waals surface area contributed by atoms with Crippen LogP contribution in [0.3, 0.4) is 0 Å². The maximum atomic E-state index is 11.6. The molecule has 1 unspecified atom stereocenters. The van der Waals surface area contributed by atoms with Gasteiger partial charge in [0.05, 0.1) is 13.2 Å². The number of aromatic nitrogens is 3. The van der Waals surface area contributed by atoms with Gasteiger partial charge < -0.3 is 9.64 Å². The Balaban J connectivity index is 1.79. The van der Waals surface area contributed by atoms with Gasteiger partial charge in [-0.1, -0.05) is 22.9 Å². The van der Waals surface area contributed by atoms with Crippen molar-refractivity contribution in [2.45, 2.75) is 18.9 Å². The molecule has 3 heterocycles. The highest BCUT2D eigenvalue weighted by Gasteiger charge is 2.26. The topological polar surface area (TPSA) is 60.2 Å². The van der Waals surface area contributed by atoms with Gasteiger partial charge >= 0.3 is 5.97 Å². The smallest absolute Gasteiger partial charge is 0.351 e. The van der Waals surface area contributed by atoms with Crippen molar-refractivity contribution in [3.8, 4) is 0 Å². The van der Waals surface area contributed by atoms with Crippen molar-refractivity contribution in [1.29, 1.82) is 0 Å². The summed E-state index contributed by atoms with van der Waals surface area (Å²) in [7, 11) is 1.34. The molecule has 0 radical (unpaired) electrons. The second-order valence-electron chi connectivity index (χ2n) is 4.84. The van der Waals surface area contributed by atoms with E-state index in [9.17, 15) is 4.79 Å². The number of hydrogen-bond acceptors (Lipinski definition) is 6. The molecule has 0 aromatic carbocycles. The molecular weight excluding hydrogens is 312 g/mol. The number of carbonyl (C=O) groups excluding carboxylic acids is 1. The molecule has 0 spiro atoms. The summed E-state index contributed by atoms with van der Waals surface area (Å²) in [6, 6.07) is 2.24. The fourth-order valence-electron chi connectivity index (χ4n) is 2.49. The molecule has 0 amide bonds. The van der Waals surface area contributed by atoms with E-state index in [1.54, 1.807) is 6.20 Å². The third-order valence-corrected chi connectivity index (χ3v) is 4.99. The summed E-state index contributed by atoms with van der Waals surface area (Å²) in [6.45, 7) is 1.72. The van der Waals surface area contributed by atoms with E-state index in [1.807, 2.05) is 16.9 Å². The minimum absolute atomic E-state index is 0.211. The van der Waals surface area contributed by atoms with Crippen molar-refractivity contribution in [2.24, 2.45) is 0 Å². The predicted molar refractivity (Wildman–Crippen MR) is 81.2 cm³/mol. The Kier molecular flexibility index (Phi) is 4.12. The monoisotopic (exact) mass is 326 g/mol. The van der Waals surface area contributed by atoms with E-state index in [0.717, 1.165) is 31.1 Å². The lowest BCUT2D eigenvalue weighted by Crippen LogP contribution is -2.36. The van der Waals surface area contributed by atoms with Crippen LogP contribution in [0.15, 0.2) is 18.5 Å². The predicted octanol–water partition coefficient (Wildman–Crippen LogP) is 2.62. The summed E-state index contributed by atoms with van der Waals surface area (Å²) in [5.41, 5.74) is 0. The first kappa shape index (κ1) is 14.3. The molecule has 1 atom stereocenters. The number of hydrogen-bond donors (Lipinski definition) is 0. The van der Waals surface area contributed by atoms with E-state index in [0.29, 0.717) is 10.9 Å². The zero-order valence-electron chi connectivity index (χ0n) is 11.5. The van der Waals surface area contributed by atoms with E-state index < -0.39 is 5.97 Å². The van der Waals surface area contributed by atoms with Gasteiger partial charge in [0.2, 0.25) is 0 Å². The molecule has 1 saturated heterocycles. The first-order valence-corrected chi connectivity index (χ1v) is 7.87. The van der Waals surface area contributed by atoms with Crippen LogP contribution in [0, 0.1) is 0 Å². The molecular formula is C13H15ClN4O2S. The fourth-order valence-corrected chi connectivity index (χ4v) is 3.72. The molecule has 8 heteroatoms. The second-order valence-corrected chi connectivity index (χ2v) is 6.17. The van der Waals surface area contributed by atoms with Crippen LogP contribution in [0.1, 0.15) is 28.6 Å². The van der Waals surface area contributed by atoms with Crippen LogP contribution in [0.5, 0.6) is 0 Å². The van der Waals surface area contributed by atoms with Gasteiger partial charge in [0, 0.05) is 25.5 Å². The summed E-state index contributed by atoms with van der Waals surface area (Å²) in [5.74, 6) is -0.440. The quantitative estimate of drug-likeness (QED) is 0.811. The van der Waals surface area contributed by atoms with Crippen molar-refractivity contribution < 1.29 is 9.53 Å². The van der Waals surface area contributed by atoms with Crippen molar-refractivity contribution in [3.05, 3.63) is 28.5 Å². The molecule has 6 nitrogen and oxygen atoms in total. The molecule has 0 bridgehead atoms. The minimum atomic E-state index is -0.440. The zero-order valence-corrected chi connectivity index (χ0v) is 13.1. The zero-order chi connectivity index (χ0) is 14.8. The number of nitrogens with zero attached hydrogens (tertiary/aromatic N) is 4. The molecule has 1 fully saturated rings. The molecule has 1 aliphatic heterocycles. The highest BCUT2D eigenvalue weighted by atomic mass is 35.5. The van der Waals surface area contributed by atoms with Crippen LogP contribution in [0.4, 0.5) is 5.13 Å². The first-order valence-electron chi connectivity index (χ1n) is 6.67. The summed E-state index contributed by atoms with van der Waals surface area (Å²) in [4.78, 5) is 18.4. The third kappa shape index (κ3) is 2.89. The number of ether oxygens (including phenoxy) is 1. The average Bonchev–Trinajstić information content (AvgIpc) is 3.16. The summed E-state index contributed by atoms with van der Waals surface area (Å²) >= 11 is 7.30. The SMILES string of the molecule is COC(=O)c1sc(N2CCCC(n3cccn3)C2)nc1Cl. The van der Waals surface area contributed by atoms with E-state index >= 15 is 0 Å². The summed E-state index contributed by atoms with van der Waals surface area (Å²) < 4.78 is 6.69. The van der Waals surface area contributed by atoms with Crippen LogP contribution in [-0.4, -0.2) is 40.9 Å². The molecule has 0 N–H and O–H groups in total. The standard InChI is InChI=1S/C13H15ClN4O2S/c1-20-12(19)10-11(14)16-13(21-10)17-6-2-4-9(8-17)18-7-3-5-15-18/h3,5,7,9H,2,4,6,8H2,1H3. The Morgan fingerprint density at radius 3 is 3.14 bits per heavy atom. The van der Waals surface area contributed by atoms with Crippen LogP contribution in [-0.2, 0) is 4.74 Å². The molecule has 2 aromatic rings. The average molecular weight is 327 g/mol. The number of thiazole rings is 1. The van der Waals surface area contributed by atoms with E-state index in [1.165, 1.54) is 18.4 Å².